The lowest BCUT2D eigenvalue weighted by Crippen LogP contribution is -2.47. The Bertz CT molecular complexity index is 1050. The Kier molecular flexibility index (Phi) is 7.66. The van der Waals surface area contributed by atoms with Crippen molar-refractivity contribution in [3.05, 3.63) is 48.7 Å². The van der Waals surface area contributed by atoms with E-state index in [1.165, 1.54) is 12.3 Å². The van der Waals surface area contributed by atoms with Crippen molar-refractivity contribution in [3.8, 4) is 6.07 Å². The highest BCUT2D eigenvalue weighted by atomic mass is 32.2. The second-order valence-electron chi connectivity index (χ2n) is 7.72. The number of anilines is 2. The van der Waals surface area contributed by atoms with Crippen molar-refractivity contribution in [2.75, 3.05) is 23.2 Å². The third kappa shape index (κ3) is 5.75. The molecule has 0 aliphatic carbocycles. The van der Waals surface area contributed by atoms with Crippen LogP contribution in [0.3, 0.4) is 0 Å². The van der Waals surface area contributed by atoms with Crippen molar-refractivity contribution in [2.45, 2.75) is 50.1 Å². The molecular formula is C22H28N6O3S. The molecule has 1 amide bonds. The van der Waals surface area contributed by atoms with Gasteiger partial charge in [0, 0.05) is 24.5 Å². The average molecular weight is 457 g/mol. The number of hydrogen-bond acceptors (Lipinski definition) is 7. The number of hydrogen-bond donors (Lipinski definition) is 2. The Labute approximate surface area is 189 Å². The topological polar surface area (TPSA) is 118 Å². The number of hydrazine groups is 1. The Morgan fingerprint density at radius 2 is 2.06 bits per heavy atom. The Balaban J connectivity index is 1.69. The number of amides is 1. The second-order valence-corrected chi connectivity index (χ2v) is 9.40. The molecule has 0 radical (unpaired) electrons. The number of pyridine rings is 1. The van der Waals surface area contributed by atoms with E-state index < -0.39 is 10.0 Å². The maximum absolute atomic E-state index is 12.8. The number of para-hydroxylation sites is 1. The molecule has 1 fully saturated rings. The summed E-state index contributed by atoms with van der Waals surface area (Å²) in [6, 6.07) is 13.5. The Morgan fingerprint density at radius 3 is 2.69 bits per heavy atom. The summed E-state index contributed by atoms with van der Waals surface area (Å²) in [5.41, 5.74) is 3.59. The first-order valence-electron chi connectivity index (χ1n) is 10.6. The van der Waals surface area contributed by atoms with E-state index in [2.05, 4.69) is 21.2 Å². The standard InChI is InChI=1S/C22H28N6O3S/c1-3-17(2)28(16-22(29)27-13-7-10-19(27)14-23)25-21-12-11-20(15-24-21)32(30,31)26-18-8-5-4-6-9-18/h4-6,8-9,11-12,15,17,19,26H,3,7,10,13,16H2,1-2H3,(H,24,25)/t17-,19?/m0/s1. The first kappa shape index (κ1) is 23.5. The van der Waals surface area contributed by atoms with Gasteiger partial charge >= 0.3 is 0 Å². The van der Waals surface area contributed by atoms with Crippen LogP contribution in [0.5, 0.6) is 0 Å². The molecule has 2 atom stereocenters. The van der Waals surface area contributed by atoms with Crippen molar-refractivity contribution < 1.29 is 13.2 Å². The molecule has 2 N–H and O–H groups in total. The summed E-state index contributed by atoms with van der Waals surface area (Å²) >= 11 is 0. The van der Waals surface area contributed by atoms with E-state index in [9.17, 15) is 18.5 Å². The molecule has 0 saturated carbocycles. The molecule has 0 spiro atoms. The number of nitrogens with one attached hydrogen (secondary N) is 2. The fourth-order valence-corrected chi connectivity index (χ4v) is 4.44. The molecule has 1 aromatic carbocycles. The Hall–Kier alpha value is -3.16. The number of nitriles is 1. The van der Waals surface area contributed by atoms with Crippen LogP contribution in [0.15, 0.2) is 53.6 Å². The van der Waals surface area contributed by atoms with E-state index in [0.717, 1.165) is 12.8 Å². The lowest BCUT2D eigenvalue weighted by atomic mass is 10.2. The van der Waals surface area contributed by atoms with Gasteiger partial charge in [-0.1, -0.05) is 25.1 Å². The van der Waals surface area contributed by atoms with Gasteiger partial charge in [0.2, 0.25) is 5.91 Å². The monoisotopic (exact) mass is 456 g/mol. The number of aromatic nitrogens is 1. The SMILES string of the molecule is CC[C@H](C)N(CC(=O)N1CCCC1C#N)Nc1ccc(S(=O)(=O)Nc2ccccc2)cn1. The number of sulfonamides is 1. The van der Waals surface area contributed by atoms with Crippen LogP contribution in [0.25, 0.3) is 0 Å². The van der Waals surface area contributed by atoms with Crippen LogP contribution in [0.4, 0.5) is 11.5 Å². The van der Waals surface area contributed by atoms with E-state index in [1.807, 2.05) is 13.8 Å². The molecule has 2 heterocycles. The second kappa shape index (κ2) is 10.4. The number of likely N-dealkylation sites (tertiary alicyclic amines) is 1. The van der Waals surface area contributed by atoms with Crippen molar-refractivity contribution >= 4 is 27.4 Å². The first-order valence-corrected chi connectivity index (χ1v) is 12.1. The van der Waals surface area contributed by atoms with Crippen LogP contribution in [0.1, 0.15) is 33.1 Å². The molecule has 0 bridgehead atoms. The molecule has 9 nitrogen and oxygen atoms in total. The summed E-state index contributed by atoms with van der Waals surface area (Å²) in [4.78, 5) is 18.7. The van der Waals surface area contributed by atoms with Gasteiger partial charge < -0.3 is 10.3 Å². The molecule has 1 unspecified atom stereocenters. The number of carbonyl (C=O) groups excluding carboxylic acids is 1. The molecule has 32 heavy (non-hydrogen) atoms. The van der Waals surface area contributed by atoms with Gasteiger partial charge in [-0.3, -0.25) is 9.52 Å². The van der Waals surface area contributed by atoms with Gasteiger partial charge in [-0.25, -0.2) is 18.4 Å². The minimum Gasteiger partial charge on any atom is -0.325 e. The molecular weight excluding hydrogens is 428 g/mol. The van der Waals surface area contributed by atoms with Crippen LogP contribution in [-0.2, 0) is 14.8 Å². The van der Waals surface area contributed by atoms with Gasteiger partial charge in [0.05, 0.1) is 12.6 Å². The largest absolute Gasteiger partial charge is 0.325 e. The molecule has 2 aromatic rings. The normalized spacial score (nSPS) is 17.1. The van der Waals surface area contributed by atoms with E-state index in [4.69, 9.17) is 0 Å². The summed E-state index contributed by atoms with van der Waals surface area (Å²) in [5, 5.41) is 11.0. The zero-order valence-electron chi connectivity index (χ0n) is 18.2. The highest BCUT2D eigenvalue weighted by Gasteiger charge is 2.30. The van der Waals surface area contributed by atoms with E-state index in [0.29, 0.717) is 24.5 Å². The number of rotatable bonds is 9. The summed E-state index contributed by atoms with van der Waals surface area (Å²) < 4.78 is 27.7. The predicted octanol–water partition coefficient (Wildman–Crippen LogP) is 2.82. The van der Waals surface area contributed by atoms with Crippen LogP contribution in [0.2, 0.25) is 0 Å². The molecule has 1 aromatic heterocycles. The van der Waals surface area contributed by atoms with Crippen LogP contribution in [0, 0.1) is 11.3 Å². The van der Waals surface area contributed by atoms with Gasteiger partial charge in [-0.2, -0.15) is 5.26 Å². The highest BCUT2D eigenvalue weighted by molar-refractivity contribution is 7.92. The van der Waals surface area contributed by atoms with Crippen molar-refractivity contribution in [1.82, 2.24) is 14.9 Å². The summed E-state index contributed by atoms with van der Waals surface area (Å²) in [7, 11) is -3.76. The van der Waals surface area contributed by atoms with Gasteiger partial charge in [0.25, 0.3) is 10.0 Å². The maximum atomic E-state index is 12.8. The zero-order chi connectivity index (χ0) is 23.1. The van der Waals surface area contributed by atoms with Gasteiger partial charge in [0.15, 0.2) is 0 Å². The summed E-state index contributed by atoms with van der Waals surface area (Å²) in [5.74, 6) is 0.308. The van der Waals surface area contributed by atoms with Crippen molar-refractivity contribution in [2.24, 2.45) is 0 Å². The van der Waals surface area contributed by atoms with Gasteiger partial charge in [0.1, 0.15) is 16.8 Å². The minimum absolute atomic E-state index is 0.0204. The average Bonchev–Trinajstić information content (AvgIpc) is 3.28. The number of nitrogens with zero attached hydrogens (tertiary/aromatic N) is 4. The third-order valence-electron chi connectivity index (χ3n) is 5.48. The van der Waals surface area contributed by atoms with Crippen LogP contribution in [-0.4, -0.2) is 54.4 Å². The van der Waals surface area contributed by atoms with E-state index >= 15 is 0 Å². The first-order chi connectivity index (χ1) is 15.3. The third-order valence-corrected chi connectivity index (χ3v) is 6.85. The number of benzene rings is 1. The molecule has 1 saturated heterocycles. The fraction of sp³-hybridized carbons (Fsp3) is 0.409. The zero-order valence-corrected chi connectivity index (χ0v) is 19.0. The van der Waals surface area contributed by atoms with Crippen molar-refractivity contribution in [3.63, 3.8) is 0 Å². The molecule has 10 heteroatoms. The predicted molar refractivity (Wildman–Crippen MR) is 122 cm³/mol. The van der Waals surface area contributed by atoms with Crippen LogP contribution >= 0.6 is 0 Å². The van der Waals surface area contributed by atoms with Gasteiger partial charge in [-0.05, 0) is 50.5 Å². The van der Waals surface area contributed by atoms with E-state index in [1.54, 1.807) is 46.3 Å². The number of carbonyl (C=O) groups is 1. The van der Waals surface area contributed by atoms with Gasteiger partial charge in [-0.15, -0.1) is 0 Å². The minimum atomic E-state index is -3.76. The summed E-state index contributed by atoms with van der Waals surface area (Å²) in [6.45, 7) is 4.67. The molecule has 170 valence electrons. The Morgan fingerprint density at radius 1 is 1.31 bits per heavy atom. The lowest BCUT2D eigenvalue weighted by Gasteiger charge is -2.31. The maximum Gasteiger partial charge on any atom is 0.263 e. The quantitative estimate of drug-likeness (QED) is 0.557. The molecule has 1 aliphatic heterocycles. The van der Waals surface area contributed by atoms with E-state index in [-0.39, 0.29) is 29.4 Å². The van der Waals surface area contributed by atoms with Crippen LogP contribution < -0.4 is 10.1 Å². The van der Waals surface area contributed by atoms with Crippen molar-refractivity contribution in [1.29, 1.82) is 5.26 Å². The highest BCUT2D eigenvalue weighted by Crippen LogP contribution is 2.19. The molecule has 1 aliphatic rings. The smallest absolute Gasteiger partial charge is 0.263 e. The molecule has 3 rings (SSSR count). The summed E-state index contributed by atoms with van der Waals surface area (Å²) in [6.07, 6.45) is 3.59. The fourth-order valence-electron chi connectivity index (χ4n) is 3.43. The lowest BCUT2D eigenvalue weighted by molar-refractivity contribution is -0.132.